The maximum atomic E-state index is 9.17. The minimum absolute atomic E-state index is 0.406. The molecule has 1 aliphatic rings. The van der Waals surface area contributed by atoms with E-state index in [2.05, 4.69) is 51.5 Å². The van der Waals surface area contributed by atoms with Gasteiger partial charge in [0.15, 0.2) is 0 Å². The van der Waals surface area contributed by atoms with Gasteiger partial charge >= 0.3 is 0 Å². The summed E-state index contributed by atoms with van der Waals surface area (Å²) in [6.07, 6.45) is 0.866. The molecule has 2 rings (SSSR count). The molecule has 0 bridgehead atoms. The van der Waals surface area contributed by atoms with Gasteiger partial charge in [0.05, 0.1) is 6.07 Å². The number of benzene rings is 1. The van der Waals surface area contributed by atoms with Crippen molar-refractivity contribution in [2.24, 2.45) is 0 Å². The Morgan fingerprint density at radius 2 is 1.85 bits per heavy atom. The first kappa shape index (κ1) is 14.8. The van der Waals surface area contributed by atoms with Crippen LogP contribution in [0.1, 0.15) is 13.3 Å². The Morgan fingerprint density at radius 1 is 1.20 bits per heavy atom. The van der Waals surface area contributed by atoms with Gasteiger partial charge in [0.25, 0.3) is 0 Å². The molecule has 1 fully saturated rings. The smallest absolute Gasteiger partial charge is 0.104 e. The van der Waals surface area contributed by atoms with Gasteiger partial charge in [-0.3, -0.25) is 4.90 Å². The molecular weight excluding hydrogens is 248 g/mol. The number of nitriles is 1. The van der Waals surface area contributed by atoms with Crippen LogP contribution in [0.3, 0.4) is 0 Å². The third-order valence-corrected chi connectivity index (χ3v) is 4.22. The Kier molecular flexibility index (Phi) is 4.99. The van der Waals surface area contributed by atoms with Gasteiger partial charge in [-0.2, -0.15) is 5.26 Å². The van der Waals surface area contributed by atoms with Crippen molar-refractivity contribution in [2.75, 3.05) is 44.7 Å². The van der Waals surface area contributed by atoms with E-state index in [1.165, 1.54) is 5.69 Å². The highest BCUT2D eigenvalue weighted by atomic mass is 15.3. The number of para-hydroxylation sites is 1. The van der Waals surface area contributed by atoms with Crippen molar-refractivity contribution in [3.05, 3.63) is 30.3 Å². The van der Waals surface area contributed by atoms with E-state index in [0.29, 0.717) is 0 Å². The molecule has 0 aliphatic carbocycles. The lowest BCUT2D eigenvalue weighted by Crippen LogP contribution is -2.49. The Hall–Kier alpha value is -1.57. The number of hydrogen-bond acceptors (Lipinski definition) is 4. The summed E-state index contributed by atoms with van der Waals surface area (Å²) in [5.41, 5.74) is 0.903. The Labute approximate surface area is 122 Å². The lowest BCUT2D eigenvalue weighted by atomic mass is 10.00. The zero-order chi connectivity index (χ0) is 14.4. The zero-order valence-electron chi connectivity index (χ0n) is 12.5. The third kappa shape index (κ3) is 3.72. The quantitative estimate of drug-likeness (QED) is 0.886. The fourth-order valence-corrected chi connectivity index (χ4v) is 2.49. The molecule has 20 heavy (non-hydrogen) atoms. The largest absolute Gasteiger partial charge is 0.369 e. The summed E-state index contributed by atoms with van der Waals surface area (Å²) in [4.78, 5) is 4.88. The summed E-state index contributed by atoms with van der Waals surface area (Å²) < 4.78 is 0. The Bertz CT molecular complexity index is 445. The van der Waals surface area contributed by atoms with Crippen LogP contribution in [0.2, 0.25) is 0 Å². The first-order chi connectivity index (χ1) is 9.67. The molecule has 4 nitrogen and oxygen atoms in total. The topological polar surface area (TPSA) is 42.3 Å². The molecule has 1 aliphatic heterocycles. The van der Waals surface area contributed by atoms with Crippen LogP contribution in [-0.4, -0.2) is 50.2 Å². The molecule has 0 saturated carbocycles. The Morgan fingerprint density at radius 3 is 2.40 bits per heavy atom. The molecule has 1 atom stereocenters. The summed E-state index contributed by atoms with van der Waals surface area (Å²) in [5.74, 6) is 0. The summed E-state index contributed by atoms with van der Waals surface area (Å²) in [7, 11) is 1.86. The molecule has 1 saturated heterocycles. The molecular formula is C16H24N4. The van der Waals surface area contributed by atoms with Crippen molar-refractivity contribution in [1.82, 2.24) is 10.2 Å². The van der Waals surface area contributed by atoms with Gasteiger partial charge in [0.1, 0.15) is 5.54 Å². The third-order valence-electron chi connectivity index (χ3n) is 4.22. The second kappa shape index (κ2) is 6.74. The predicted octanol–water partition coefficient (Wildman–Crippen LogP) is 1.70. The average molecular weight is 272 g/mol. The number of hydrogen-bond donors (Lipinski definition) is 1. The molecule has 1 aromatic carbocycles. The highest BCUT2D eigenvalue weighted by molar-refractivity contribution is 5.46. The van der Waals surface area contributed by atoms with Gasteiger partial charge in [-0.05, 0) is 32.5 Å². The van der Waals surface area contributed by atoms with E-state index < -0.39 is 5.54 Å². The van der Waals surface area contributed by atoms with Gasteiger partial charge in [0.2, 0.25) is 0 Å². The SMILES string of the molecule is CNC(C)(C#N)CCN1CCN(c2ccccc2)CC1. The molecule has 4 heteroatoms. The second-order valence-electron chi connectivity index (χ2n) is 5.61. The van der Waals surface area contributed by atoms with Crippen LogP contribution >= 0.6 is 0 Å². The normalized spacial score (nSPS) is 19.4. The summed E-state index contributed by atoms with van der Waals surface area (Å²) >= 11 is 0. The molecule has 0 aromatic heterocycles. The van der Waals surface area contributed by atoms with Crippen LogP contribution in [0.25, 0.3) is 0 Å². The molecule has 1 N–H and O–H groups in total. The molecule has 1 unspecified atom stereocenters. The van der Waals surface area contributed by atoms with Crippen LogP contribution in [0.15, 0.2) is 30.3 Å². The number of rotatable bonds is 5. The van der Waals surface area contributed by atoms with E-state index in [0.717, 1.165) is 39.1 Å². The number of piperazine rings is 1. The van der Waals surface area contributed by atoms with Crippen molar-refractivity contribution >= 4 is 5.69 Å². The van der Waals surface area contributed by atoms with E-state index in [9.17, 15) is 0 Å². The first-order valence-corrected chi connectivity index (χ1v) is 7.29. The number of anilines is 1. The number of nitrogens with zero attached hydrogens (tertiary/aromatic N) is 3. The molecule has 0 spiro atoms. The van der Waals surface area contributed by atoms with Crippen molar-refractivity contribution in [2.45, 2.75) is 18.9 Å². The highest BCUT2D eigenvalue weighted by Crippen LogP contribution is 2.16. The zero-order valence-corrected chi connectivity index (χ0v) is 12.5. The fraction of sp³-hybridized carbons (Fsp3) is 0.562. The standard InChI is InChI=1S/C16H24N4/c1-16(14-17,18-2)8-9-19-10-12-20(13-11-19)15-6-4-3-5-7-15/h3-7,18H,8-13H2,1-2H3. The maximum Gasteiger partial charge on any atom is 0.104 e. The monoisotopic (exact) mass is 272 g/mol. The van der Waals surface area contributed by atoms with Gasteiger partial charge in [-0.1, -0.05) is 18.2 Å². The van der Waals surface area contributed by atoms with Crippen molar-refractivity contribution in [3.63, 3.8) is 0 Å². The van der Waals surface area contributed by atoms with Gasteiger partial charge in [-0.25, -0.2) is 0 Å². The average Bonchev–Trinajstić information content (AvgIpc) is 2.54. The van der Waals surface area contributed by atoms with E-state index in [4.69, 9.17) is 5.26 Å². The minimum Gasteiger partial charge on any atom is -0.369 e. The lowest BCUT2D eigenvalue weighted by Gasteiger charge is -2.37. The predicted molar refractivity (Wildman–Crippen MR) is 82.8 cm³/mol. The van der Waals surface area contributed by atoms with Crippen molar-refractivity contribution in [1.29, 1.82) is 5.26 Å². The Balaban J connectivity index is 1.79. The van der Waals surface area contributed by atoms with Crippen LogP contribution in [0.5, 0.6) is 0 Å². The second-order valence-corrected chi connectivity index (χ2v) is 5.61. The van der Waals surface area contributed by atoms with Crippen molar-refractivity contribution < 1.29 is 0 Å². The van der Waals surface area contributed by atoms with Crippen LogP contribution < -0.4 is 10.2 Å². The van der Waals surface area contributed by atoms with Gasteiger partial charge in [-0.15, -0.1) is 0 Å². The van der Waals surface area contributed by atoms with Gasteiger partial charge < -0.3 is 10.2 Å². The molecule has 0 amide bonds. The minimum atomic E-state index is -0.406. The molecule has 1 aromatic rings. The van der Waals surface area contributed by atoms with Crippen LogP contribution in [-0.2, 0) is 0 Å². The van der Waals surface area contributed by atoms with Crippen LogP contribution in [0, 0.1) is 11.3 Å². The molecule has 0 radical (unpaired) electrons. The van der Waals surface area contributed by atoms with E-state index in [1.54, 1.807) is 0 Å². The van der Waals surface area contributed by atoms with E-state index in [-0.39, 0.29) is 0 Å². The van der Waals surface area contributed by atoms with E-state index in [1.807, 2.05) is 14.0 Å². The fourth-order valence-electron chi connectivity index (χ4n) is 2.49. The van der Waals surface area contributed by atoms with Gasteiger partial charge in [0, 0.05) is 38.4 Å². The summed E-state index contributed by atoms with van der Waals surface area (Å²) in [5, 5.41) is 12.3. The highest BCUT2D eigenvalue weighted by Gasteiger charge is 2.23. The summed E-state index contributed by atoms with van der Waals surface area (Å²) in [6.45, 7) is 7.21. The number of nitrogens with one attached hydrogen (secondary N) is 1. The lowest BCUT2D eigenvalue weighted by molar-refractivity contribution is 0.235. The van der Waals surface area contributed by atoms with Crippen LogP contribution in [0.4, 0.5) is 5.69 Å². The molecule has 1 heterocycles. The van der Waals surface area contributed by atoms with Crippen molar-refractivity contribution in [3.8, 4) is 6.07 Å². The van der Waals surface area contributed by atoms with E-state index >= 15 is 0 Å². The first-order valence-electron chi connectivity index (χ1n) is 7.29. The molecule has 108 valence electrons. The maximum absolute atomic E-state index is 9.17. The summed E-state index contributed by atoms with van der Waals surface area (Å²) in [6, 6.07) is 12.9.